The van der Waals surface area contributed by atoms with Gasteiger partial charge in [0.15, 0.2) is 0 Å². The molecule has 1 saturated heterocycles. The smallest absolute Gasteiger partial charge is 0.0626 e. The summed E-state index contributed by atoms with van der Waals surface area (Å²) in [6.45, 7) is 5.44. The molecule has 0 bridgehead atoms. The van der Waals surface area contributed by atoms with Crippen LogP contribution in [0.4, 0.5) is 0 Å². The van der Waals surface area contributed by atoms with Gasteiger partial charge in [-0.1, -0.05) is 12.5 Å². The van der Waals surface area contributed by atoms with E-state index in [1.807, 2.05) is 12.3 Å². The molecule has 20 heavy (non-hydrogen) atoms. The standard InChI is InChI=1S/C16H24N2O2/c1-12-4-3-7-17-14(12)10-18-8-9-20-11-15(18)13-5-2-6-16(13)19/h3-4,7,13,15-16,19H,2,5-6,8-11H2,1H3. The fourth-order valence-corrected chi connectivity index (χ4v) is 3.54. The Morgan fingerprint density at radius 2 is 2.35 bits per heavy atom. The van der Waals surface area contributed by atoms with Crippen LogP contribution in [0.3, 0.4) is 0 Å². The molecule has 1 aromatic rings. The van der Waals surface area contributed by atoms with Gasteiger partial charge in [0.25, 0.3) is 0 Å². The molecule has 3 atom stereocenters. The van der Waals surface area contributed by atoms with Gasteiger partial charge in [-0.3, -0.25) is 9.88 Å². The monoisotopic (exact) mass is 276 g/mol. The third kappa shape index (κ3) is 2.87. The first-order valence-corrected chi connectivity index (χ1v) is 7.66. The summed E-state index contributed by atoms with van der Waals surface area (Å²) < 4.78 is 5.67. The number of ether oxygens (including phenoxy) is 1. The average molecular weight is 276 g/mol. The maximum Gasteiger partial charge on any atom is 0.0626 e. The molecule has 0 spiro atoms. The van der Waals surface area contributed by atoms with E-state index in [0.29, 0.717) is 12.0 Å². The van der Waals surface area contributed by atoms with Gasteiger partial charge >= 0.3 is 0 Å². The van der Waals surface area contributed by atoms with E-state index in [4.69, 9.17) is 4.74 Å². The number of aryl methyl sites for hydroxylation is 1. The first-order chi connectivity index (χ1) is 9.75. The van der Waals surface area contributed by atoms with Gasteiger partial charge < -0.3 is 9.84 Å². The molecule has 3 unspecified atom stereocenters. The molecule has 0 amide bonds. The lowest BCUT2D eigenvalue weighted by Crippen LogP contribution is -2.50. The molecule has 3 rings (SSSR count). The summed E-state index contributed by atoms with van der Waals surface area (Å²) in [6.07, 6.45) is 4.90. The van der Waals surface area contributed by atoms with Crippen molar-refractivity contribution in [2.45, 2.75) is 44.9 Å². The largest absolute Gasteiger partial charge is 0.393 e. The topological polar surface area (TPSA) is 45.6 Å². The normalized spacial score (nSPS) is 31.6. The highest BCUT2D eigenvalue weighted by Crippen LogP contribution is 2.32. The molecule has 0 aromatic carbocycles. The van der Waals surface area contributed by atoms with Gasteiger partial charge in [0.1, 0.15) is 0 Å². The summed E-state index contributed by atoms with van der Waals surface area (Å²) in [7, 11) is 0. The highest BCUT2D eigenvalue weighted by Gasteiger charge is 2.37. The summed E-state index contributed by atoms with van der Waals surface area (Å²) in [5.41, 5.74) is 2.39. The van der Waals surface area contributed by atoms with Gasteiger partial charge in [-0.2, -0.15) is 0 Å². The number of nitrogens with zero attached hydrogens (tertiary/aromatic N) is 2. The number of rotatable bonds is 3. The number of aliphatic hydroxyl groups is 1. The van der Waals surface area contributed by atoms with Gasteiger partial charge in [-0.05, 0) is 31.4 Å². The van der Waals surface area contributed by atoms with Crippen molar-refractivity contribution in [2.24, 2.45) is 5.92 Å². The van der Waals surface area contributed by atoms with E-state index >= 15 is 0 Å². The van der Waals surface area contributed by atoms with Crippen molar-refractivity contribution < 1.29 is 9.84 Å². The second-order valence-corrected chi connectivity index (χ2v) is 6.04. The molecule has 1 saturated carbocycles. The average Bonchev–Trinajstić information content (AvgIpc) is 2.88. The lowest BCUT2D eigenvalue weighted by Gasteiger charge is -2.40. The molecule has 0 radical (unpaired) electrons. The Labute approximate surface area is 120 Å². The highest BCUT2D eigenvalue weighted by molar-refractivity contribution is 5.17. The van der Waals surface area contributed by atoms with Crippen LogP contribution in [0.1, 0.15) is 30.5 Å². The number of aliphatic hydroxyl groups excluding tert-OH is 1. The Balaban J connectivity index is 1.74. The predicted octanol–water partition coefficient (Wildman–Crippen LogP) is 1.75. The van der Waals surface area contributed by atoms with Gasteiger partial charge in [0.2, 0.25) is 0 Å². The van der Waals surface area contributed by atoms with Crippen molar-refractivity contribution in [3.05, 3.63) is 29.6 Å². The Bertz CT molecular complexity index is 452. The van der Waals surface area contributed by atoms with E-state index in [1.165, 1.54) is 5.56 Å². The summed E-state index contributed by atoms with van der Waals surface area (Å²) in [4.78, 5) is 6.96. The number of aromatic nitrogens is 1. The molecular weight excluding hydrogens is 252 g/mol. The Kier molecular flexibility index (Phi) is 4.34. The van der Waals surface area contributed by atoms with Gasteiger partial charge in [-0.25, -0.2) is 0 Å². The molecule has 1 aliphatic carbocycles. The maximum atomic E-state index is 10.2. The van der Waals surface area contributed by atoms with Crippen LogP contribution < -0.4 is 0 Å². The van der Waals surface area contributed by atoms with Gasteiger partial charge in [0.05, 0.1) is 25.0 Å². The van der Waals surface area contributed by atoms with Gasteiger partial charge in [-0.15, -0.1) is 0 Å². The minimum absolute atomic E-state index is 0.158. The molecule has 1 aromatic heterocycles. The van der Waals surface area contributed by atoms with E-state index < -0.39 is 0 Å². The molecule has 1 aliphatic heterocycles. The second kappa shape index (κ2) is 6.20. The number of hydrogen-bond acceptors (Lipinski definition) is 4. The molecule has 4 nitrogen and oxygen atoms in total. The zero-order valence-corrected chi connectivity index (χ0v) is 12.2. The number of pyridine rings is 1. The van der Waals surface area contributed by atoms with Crippen LogP contribution in [0.5, 0.6) is 0 Å². The van der Waals surface area contributed by atoms with E-state index in [0.717, 1.165) is 51.3 Å². The Morgan fingerprint density at radius 1 is 1.45 bits per heavy atom. The number of morpholine rings is 1. The van der Waals surface area contributed by atoms with E-state index in [-0.39, 0.29) is 6.10 Å². The lowest BCUT2D eigenvalue weighted by atomic mass is 9.94. The fourth-order valence-electron chi connectivity index (χ4n) is 3.54. The molecule has 2 fully saturated rings. The van der Waals surface area contributed by atoms with Crippen molar-refractivity contribution in [2.75, 3.05) is 19.8 Å². The van der Waals surface area contributed by atoms with Crippen molar-refractivity contribution in [1.82, 2.24) is 9.88 Å². The van der Waals surface area contributed by atoms with Crippen LogP contribution in [0.15, 0.2) is 18.3 Å². The highest BCUT2D eigenvalue weighted by atomic mass is 16.5. The molecule has 2 aliphatic rings. The SMILES string of the molecule is Cc1cccnc1CN1CCOCC1C1CCCC1O. The summed E-state index contributed by atoms with van der Waals surface area (Å²) >= 11 is 0. The van der Waals surface area contributed by atoms with Crippen LogP contribution in [-0.2, 0) is 11.3 Å². The zero-order valence-electron chi connectivity index (χ0n) is 12.2. The van der Waals surface area contributed by atoms with Gasteiger partial charge in [0, 0.05) is 31.2 Å². The quantitative estimate of drug-likeness (QED) is 0.913. The molecule has 1 N–H and O–H groups in total. The molecule has 2 heterocycles. The van der Waals surface area contributed by atoms with Crippen LogP contribution in [0.25, 0.3) is 0 Å². The third-order valence-electron chi connectivity index (χ3n) is 4.78. The summed E-state index contributed by atoms with van der Waals surface area (Å²) in [6, 6.07) is 4.43. The Morgan fingerprint density at radius 3 is 3.10 bits per heavy atom. The van der Waals surface area contributed by atoms with Crippen LogP contribution in [0, 0.1) is 12.8 Å². The molecule has 4 heteroatoms. The first kappa shape index (κ1) is 14.0. The lowest BCUT2D eigenvalue weighted by molar-refractivity contribution is -0.0541. The molecule has 110 valence electrons. The molecular formula is C16H24N2O2. The maximum absolute atomic E-state index is 10.2. The van der Waals surface area contributed by atoms with E-state index in [2.05, 4.69) is 22.9 Å². The fraction of sp³-hybridized carbons (Fsp3) is 0.688. The van der Waals surface area contributed by atoms with Crippen molar-refractivity contribution in [1.29, 1.82) is 0 Å². The van der Waals surface area contributed by atoms with Crippen LogP contribution in [0.2, 0.25) is 0 Å². The third-order valence-corrected chi connectivity index (χ3v) is 4.78. The minimum atomic E-state index is -0.158. The van der Waals surface area contributed by atoms with Crippen molar-refractivity contribution in [3.63, 3.8) is 0 Å². The first-order valence-electron chi connectivity index (χ1n) is 7.66. The predicted molar refractivity (Wildman–Crippen MR) is 77.3 cm³/mol. The summed E-state index contributed by atoms with van der Waals surface area (Å²) in [5.74, 6) is 0.360. The van der Waals surface area contributed by atoms with Crippen LogP contribution >= 0.6 is 0 Å². The minimum Gasteiger partial charge on any atom is -0.393 e. The Hall–Kier alpha value is -0.970. The van der Waals surface area contributed by atoms with Crippen LogP contribution in [-0.4, -0.2) is 46.9 Å². The van der Waals surface area contributed by atoms with E-state index in [1.54, 1.807) is 0 Å². The zero-order chi connectivity index (χ0) is 13.9. The van der Waals surface area contributed by atoms with Crippen molar-refractivity contribution >= 4 is 0 Å². The summed E-state index contributed by atoms with van der Waals surface area (Å²) in [5, 5.41) is 10.2. The second-order valence-electron chi connectivity index (χ2n) is 6.04. The number of hydrogen-bond donors (Lipinski definition) is 1. The van der Waals surface area contributed by atoms with Crippen molar-refractivity contribution in [3.8, 4) is 0 Å². The van der Waals surface area contributed by atoms with E-state index in [9.17, 15) is 5.11 Å².